The third kappa shape index (κ3) is 8.53. The molecule has 0 heterocycles. The largest absolute Gasteiger partial charge is 0.460 e. The molecule has 1 atom stereocenters. The molecule has 0 rings (SSSR count). The van der Waals surface area contributed by atoms with Gasteiger partial charge in [0.1, 0.15) is 6.61 Å². The number of carbonyl (C=O) groups excluding carboxylic acids is 2. The normalized spacial score (nSPS) is 13.5. The standard InChI is InChI=1S/C17H31NO3/c1-12(2)15(20)21-10-9-18-14(19)13(17(6,7)8)11-16(3,4)5/h13H,1,9-11H2,2-8H3,(H,18,19). The molecule has 0 aromatic rings. The molecule has 0 aliphatic carbocycles. The predicted octanol–water partition coefficient (Wildman–Crippen LogP) is 3.32. The van der Waals surface area contributed by atoms with E-state index < -0.39 is 5.97 Å². The van der Waals surface area contributed by atoms with Gasteiger partial charge < -0.3 is 10.1 Å². The summed E-state index contributed by atoms with van der Waals surface area (Å²) in [6.45, 7) is 18.2. The first-order valence-corrected chi connectivity index (χ1v) is 7.45. The molecule has 0 aromatic carbocycles. The first kappa shape index (κ1) is 19.7. The third-order valence-corrected chi connectivity index (χ3v) is 3.16. The maximum Gasteiger partial charge on any atom is 0.333 e. The first-order valence-electron chi connectivity index (χ1n) is 7.45. The van der Waals surface area contributed by atoms with Crippen molar-refractivity contribution in [3.8, 4) is 0 Å². The Morgan fingerprint density at radius 1 is 1.14 bits per heavy atom. The minimum absolute atomic E-state index is 0.0174. The summed E-state index contributed by atoms with van der Waals surface area (Å²) in [7, 11) is 0. The van der Waals surface area contributed by atoms with E-state index in [1.54, 1.807) is 6.92 Å². The van der Waals surface area contributed by atoms with Crippen molar-refractivity contribution in [2.45, 2.75) is 54.9 Å². The summed E-state index contributed by atoms with van der Waals surface area (Å²) >= 11 is 0. The molecule has 122 valence electrons. The highest BCUT2D eigenvalue weighted by Crippen LogP contribution is 2.35. The molecule has 0 spiro atoms. The number of hydrogen-bond donors (Lipinski definition) is 1. The fraction of sp³-hybridized carbons (Fsp3) is 0.765. The van der Waals surface area contributed by atoms with Crippen molar-refractivity contribution in [1.82, 2.24) is 5.32 Å². The van der Waals surface area contributed by atoms with Gasteiger partial charge in [-0.05, 0) is 24.2 Å². The van der Waals surface area contributed by atoms with Crippen LogP contribution in [0.15, 0.2) is 12.2 Å². The van der Waals surface area contributed by atoms with Crippen LogP contribution in [0.25, 0.3) is 0 Å². The highest BCUT2D eigenvalue weighted by Gasteiger charge is 2.34. The molecule has 0 saturated heterocycles. The molecule has 1 unspecified atom stereocenters. The fourth-order valence-corrected chi connectivity index (χ4v) is 1.97. The van der Waals surface area contributed by atoms with Crippen LogP contribution in [0.1, 0.15) is 54.9 Å². The zero-order valence-electron chi connectivity index (χ0n) is 14.6. The van der Waals surface area contributed by atoms with Crippen molar-refractivity contribution in [2.75, 3.05) is 13.2 Å². The summed E-state index contributed by atoms with van der Waals surface area (Å²) in [5.41, 5.74) is 0.342. The van der Waals surface area contributed by atoms with Crippen LogP contribution in [0.4, 0.5) is 0 Å². The Morgan fingerprint density at radius 3 is 2.05 bits per heavy atom. The van der Waals surface area contributed by atoms with Crippen molar-refractivity contribution in [2.24, 2.45) is 16.7 Å². The highest BCUT2D eigenvalue weighted by molar-refractivity contribution is 5.87. The summed E-state index contributed by atoms with van der Waals surface area (Å²) in [4.78, 5) is 23.6. The second kappa shape index (κ2) is 7.62. The van der Waals surface area contributed by atoms with Crippen LogP contribution in [0.5, 0.6) is 0 Å². The minimum Gasteiger partial charge on any atom is -0.460 e. The SMILES string of the molecule is C=C(C)C(=O)OCCNC(=O)C(CC(C)(C)C)C(C)(C)C. The van der Waals surface area contributed by atoms with E-state index >= 15 is 0 Å². The summed E-state index contributed by atoms with van der Waals surface area (Å²) < 4.78 is 4.97. The average Bonchev–Trinajstić information content (AvgIpc) is 2.28. The van der Waals surface area contributed by atoms with E-state index in [9.17, 15) is 9.59 Å². The Hall–Kier alpha value is -1.32. The zero-order chi connectivity index (χ0) is 16.8. The molecule has 21 heavy (non-hydrogen) atoms. The Kier molecular flexibility index (Phi) is 7.14. The molecule has 0 fully saturated rings. The highest BCUT2D eigenvalue weighted by atomic mass is 16.5. The number of amides is 1. The lowest BCUT2D eigenvalue weighted by Crippen LogP contribution is -2.41. The third-order valence-electron chi connectivity index (χ3n) is 3.16. The van der Waals surface area contributed by atoms with Gasteiger partial charge in [0.2, 0.25) is 5.91 Å². The van der Waals surface area contributed by atoms with Crippen LogP contribution < -0.4 is 5.32 Å². The van der Waals surface area contributed by atoms with Gasteiger partial charge in [-0.15, -0.1) is 0 Å². The van der Waals surface area contributed by atoms with Crippen LogP contribution in [0, 0.1) is 16.7 Å². The van der Waals surface area contributed by atoms with Gasteiger partial charge in [0, 0.05) is 11.5 Å². The fourth-order valence-electron chi connectivity index (χ4n) is 1.97. The van der Waals surface area contributed by atoms with E-state index in [0.717, 1.165) is 6.42 Å². The molecule has 0 aliphatic heterocycles. The molecule has 0 aliphatic rings. The molecular weight excluding hydrogens is 266 g/mol. The number of rotatable bonds is 6. The summed E-state index contributed by atoms with van der Waals surface area (Å²) in [5.74, 6) is -0.482. The van der Waals surface area contributed by atoms with Gasteiger partial charge in [-0.1, -0.05) is 48.1 Å². The van der Waals surface area contributed by atoms with Gasteiger partial charge >= 0.3 is 5.97 Å². The molecule has 0 radical (unpaired) electrons. The van der Waals surface area contributed by atoms with Crippen molar-refractivity contribution < 1.29 is 14.3 Å². The van der Waals surface area contributed by atoms with Crippen molar-refractivity contribution in [3.05, 3.63) is 12.2 Å². The lowest BCUT2D eigenvalue weighted by Gasteiger charge is -2.34. The van der Waals surface area contributed by atoms with Crippen LogP contribution in [-0.2, 0) is 14.3 Å². The zero-order valence-corrected chi connectivity index (χ0v) is 14.6. The molecule has 1 N–H and O–H groups in total. The smallest absolute Gasteiger partial charge is 0.333 e. The van der Waals surface area contributed by atoms with Gasteiger partial charge in [0.15, 0.2) is 0 Å². The second-order valence-electron chi connectivity index (χ2n) is 7.89. The number of nitrogens with one attached hydrogen (secondary N) is 1. The molecule has 4 nitrogen and oxygen atoms in total. The van der Waals surface area contributed by atoms with Gasteiger partial charge in [0.05, 0.1) is 6.54 Å². The van der Waals surface area contributed by atoms with Crippen LogP contribution in [0.3, 0.4) is 0 Å². The number of ether oxygens (including phenoxy) is 1. The van der Waals surface area contributed by atoms with E-state index in [1.165, 1.54) is 0 Å². The van der Waals surface area contributed by atoms with Gasteiger partial charge in [-0.25, -0.2) is 4.79 Å². The van der Waals surface area contributed by atoms with E-state index in [4.69, 9.17) is 4.74 Å². The van der Waals surface area contributed by atoms with Crippen LogP contribution in [-0.4, -0.2) is 25.0 Å². The lowest BCUT2D eigenvalue weighted by molar-refractivity contribution is -0.139. The average molecular weight is 297 g/mol. The molecule has 4 heteroatoms. The quantitative estimate of drug-likeness (QED) is 0.465. The van der Waals surface area contributed by atoms with Crippen molar-refractivity contribution >= 4 is 11.9 Å². The molecular formula is C17H31NO3. The topological polar surface area (TPSA) is 55.4 Å². The van der Waals surface area contributed by atoms with Gasteiger partial charge in [-0.2, -0.15) is 0 Å². The number of carbonyl (C=O) groups is 2. The Balaban J connectivity index is 4.44. The van der Waals surface area contributed by atoms with E-state index in [1.807, 2.05) is 0 Å². The predicted molar refractivity (Wildman–Crippen MR) is 85.8 cm³/mol. The summed E-state index contributed by atoms with van der Waals surface area (Å²) in [6.07, 6.45) is 0.813. The Morgan fingerprint density at radius 2 is 1.67 bits per heavy atom. The van der Waals surface area contributed by atoms with Crippen molar-refractivity contribution in [3.63, 3.8) is 0 Å². The summed E-state index contributed by atoms with van der Waals surface area (Å²) in [6, 6.07) is 0. The Bertz CT molecular complexity index is 386. The number of esters is 1. The lowest BCUT2D eigenvalue weighted by atomic mass is 9.72. The minimum atomic E-state index is -0.425. The maximum atomic E-state index is 12.4. The Labute approximate surface area is 129 Å². The van der Waals surface area contributed by atoms with Crippen LogP contribution >= 0.6 is 0 Å². The molecule has 0 bridgehead atoms. The van der Waals surface area contributed by atoms with Crippen LogP contribution in [0.2, 0.25) is 0 Å². The maximum absolute atomic E-state index is 12.4. The van der Waals surface area contributed by atoms with E-state index in [0.29, 0.717) is 12.1 Å². The van der Waals surface area contributed by atoms with E-state index in [2.05, 4.69) is 53.4 Å². The molecule has 0 aromatic heterocycles. The van der Waals surface area contributed by atoms with Gasteiger partial charge in [0.25, 0.3) is 0 Å². The molecule has 1 amide bonds. The second-order valence-corrected chi connectivity index (χ2v) is 7.89. The van der Waals surface area contributed by atoms with Gasteiger partial charge in [-0.3, -0.25) is 4.79 Å². The summed E-state index contributed by atoms with van der Waals surface area (Å²) in [5, 5.41) is 2.86. The number of hydrogen-bond acceptors (Lipinski definition) is 3. The van der Waals surface area contributed by atoms with E-state index in [-0.39, 0.29) is 29.3 Å². The molecule has 0 saturated carbocycles. The van der Waals surface area contributed by atoms with Crippen molar-refractivity contribution in [1.29, 1.82) is 0 Å². The first-order chi connectivity index (χ1) is 9.34. The monoisotopic (exact) mass is 297 g/mol.